The lowest BCUT2D eigenvalue weighted by Gasteiger charge is -2.40. The first-order valence-corrected chi connectivity index (χ1v) is 7.62. The molecule has 0 radical (unpaired) electrons. The molecule has 0 unspecified atom stereocenters. The SMILES string of the molecule is COC(=O)N1CC[C@H](C(=O)O)C[C@@H]1CN1CCC[C@H]1C(F)(F)F. The Labute approximate surface area is 132 Å². The molecule has 0 aromatic rings. The third-order valence-corrected chi connectivity index (χ3v) is 4.66. The van der Waals surface area contributed by atoms with Gasteiger partial charge in [-0.3, -0.25) is 9.69 Å². The van der Waals surface area contributed by atoms with Gasteiger partial charge in [0.05, 0.1) is 13.0 Å². The number of ether oxygens (including phenoxy) is 1. The maximum absolute atomic E-state index is 13.1. The maximum Gasteiger partial charge on any atom is 0.409 e. The monoisotopic (exact) mass is 338 g/mol. The second kappa shape index (κ2) is 6.94. The average molecular weight is 338 g/mol. The van der Waals surface area contributed by atoms with Crippen molar-refractivity contribution in [1.29, 1.82) is 0 Å². The Morgan fingerprint density at radius 2 is 1.96 bits per heavy atom. The number of piperidine rings is 1. The number of rotatable bonds is 3. The van der Waals surface area contributed by atoms with Crippen molar-refractivity contribution in [2.45, 2.75) is 43.9 Å². The van der Waals surface area contributed by atoms with Crippen molar-refractivity contribution < 1.29 is 32.6 Å². The van der Waals surface area contributed by atoms with E-state index in [1.807, 2.05) is 0 Å². The van der Waals surface area contributed by atoms with Gasteiger partial charge < -0.3 is 14.7 Å². The Kier molecular flexibility index (Phi) is 5.38. The quantitative estimate of drug-likeness (QED) is 0.852. The van der Waals surface area contributed by atoms with Crippen molar-refractivity contribution in [2.24, 2.45) is 5.92 Å². The molecule has 1 amide bonds. The second-order valence-corrected chi connectivity index (χ2v) is 6.07. The summed E-state index contributed by atoms with van der Waals surface area (Å²) in [5, 5.41) is 9.15. The number of carbonyl (C=O) groups excluding carboxylic acids is 1. The Bertz CT molecular complexity index is 458. The van der Waals surface area contributed by atoms with Crippen LogP contribution >= 0.6 is 0 Å². The summed E-state index contributed by atoms with van der Waals surface area (Å²) in [4.78, 5) is 25.7. The fourth-order valence-electron chi connectivity index (χ4n) is 3.49. The third kappa shape index (κ3) is 4.07. The van der Waals surface area contributed by atoms with Gasteiger partial charge >= 0.3 is 18.2 Å². The van der Waals surface area contributed by atoms with E-state index in [1.165, 1.54) is 16.9 Å². The van der Waals surface area contributed by atoms with Crippen molar-refractivity contribution >= 4 is 12.1 Å². The zero-order chi connectivity index (χ0) is 17.2. The highest BCUT2D eigenvalue weighted by Gasteiger charge is 2.47. The molecule has 3 atom stereocenters. The molecule has 0 saturated carbocycles. The van der Waals surface area contributed by atoms with E-state index in [0.29, 0.717) is 13.0 Å². The van der Waals surface area contributed by atoms with Crippen LogP contribution in [0.4, 0.5) is 18.0 Å². The fourth-order valence-corrected chi connectivity index (χ4v) is 3.49. The number of carbonyl (C=O) groups is 2. The van der Waals surface area contributed by atoms with Gasteiger partial charge in [-0.25, -0.2) is 4.79 Å². The number of carboxylic acid groups (broad SMARTS) is 1. The highest BCUT2D eigenvalue weighted by Crippen LogP contribution is 2.34. The molecule has 2 aliphatic rings. The summed E-state index contributed by atoms with van der Waals surface area (Å²) in [6.07, 6.45) is -4.03. The fraction of sp³-hybridized carbons (Fsp3) is 0.857. The van der Waals surface area contributed by atoms with E-state index < -0.39 is 36.2 Å². The molecule has 0 spiro atoms. The van der Waals surface area contributed by atoms with Crippen LogP contribution in [0.15, 0.2) is 0 Å². The lowest BCUT2D eigenvalue weighted by Crippen LogP contribution is -2.54. The van der Waals surface area contributed by atoms with Crippen LogP contribution in [0.5, 0.6) is 0 Å². The number of hydrogen-bond acceptors (Lipinski definition) is 4. The highest BCUT2D eigenvalue weighted by molar-refractivity contribution is 5.72. The molecule has 0 aromatic heterocycles. The van der Waals surface area contributed by atoms with Crippen molar-refractivity contribution in [3.05, 3.63) is 0 Å². The maximum atomic E-state index is 13.1. The molecule has 2 heterocycles. The summed E-state index contributed by atoms with van der Waals surface area (Å²) in [6, 6.07) is -2.10. The molecule has 132 valence electrons. The van der Waals surface area contributed by atoms with E-state index in [9.17, 15) is 22.8 Å². The highest BCUT2D eigenvalue weighted by atomic mass is 19.4. The number of amides is 1. The second-order valence-electron chi connectivity index (χ2n) is 6.07. The Balaban J connectivity index is 2.11. The number of aliphatic carboxylic acids is 1. The first-order chi connectivity index (χ1) is 10.7. The van der Waals surface area contributed by atoms with Gasteiger partial charge in [0.15, 0.2) is 0 Å². The van der Waals surface area contributed by atoms with E-state index in [1.54, 1.807) is 0 Å². The van der Waals surface area contributed by atoms with Gasteiger partial charge in [-0.2, -0.15) is 13.2 Å². The number of methoxy groups -OCH3 is 1. The molecule has 2 aliphatic heterocycles. The van der Waals surface area contributed by atoms with Crippen LogP contribution in [-0.4, -0.2) is 72.0 Å². The van der Waals surface area contributed by atoms with Crippen LogP contribution in [0.25, 0.3) is 0 Å². The minimum Gasteiger partial charge on any atom is -0.481 e. The van der Waals surface area contributed by atoms with Crippen LogP contribution in [0.2, 0.25) is 0 Å². The number of nitrogens with zero attached hydrogens (tertiary/aromatic N) is 2. The molecule has 0 aliphatic carbocycles. The molecule has 2 rings (SSSR count). The summed E-state index contributed by atoms with van der Waals surface area (Å²) >= 11 is 0. The lowest BCUT2D eigenvalue weighted by molar-refractivity contribution is -0.178. The molecule has 6 nitrogen and oxygen atoms in total. The van der Waals surface area contributed by atoms with Gasteiger partial charge in [0.2, 0.25) is 0 Å². The minimum atomic E-state index is -4.31. The van der Waals surface area contributed by atoms with Crippen LogP contribution in [0.3, 0.4) is 0 Å². The van der Waals surface area contributed by atoms with Crippen molar-refractivity contribution in [3.8, 4) is 0 Å². The number of hydrogen-bond donors (Lipinski definition) is 1. The van der Waals surface area contributed by atoms with Gasteiger partial charge in [0.25, 0.3) is 0 Å². The predicted molar refractivity (Wildman–Crippen MR) is 73.9 cm³/mol. The summed E-state index contributed by atoms with van der Waals surface area (Å²) < 4.78 is 43.8. The number of alkyl halides is 3. The molecule has 0 bridgehead atoms. The summed E-state index contributed by atoms with van der Waals surface area (Å²) in [5.41, 5.74) is 0. The van der Waals surface area contributed by atoms with Gasteiger partial charge in [-0.05, 0) is 32.2 Å². The largest absolute Gasteiger partial charge is 0.481 e. The van der Waals surface area contributed by atoms with Crippen LogP contribution in [0, 0.1) is 5.92 Å². The molecular formula is C14H21F3N2O4. The van der Waals surface area contributed by atoms with E-state index in [-0.39, 0.29) is 32.4 Å². The Morgan fingerprint density at radius 3 is 2.52 bits per heavy atom. The van der Waals surface area contributed by atoms with Crippen LogP contribution < -0.4 is 0 Å². The zero-order valence-electron chi connectivity index (χ0n) is 12.9. The summed E-state index contributed by atoms with van der Waals surface area (Å²) in [7, 11) is 1.21. The molecule has 1 N–H and O–H groups in total. The molecule has 2 saturated heterocycles. The smallest absolute Gasteiger partial charge is 0.409 e. The Hall–Kier alpha value is -1.51. The van der Waals surface area contributed by atoms with Crippen molar-refractivity contribution in [1.82, 2.24) is 9.80 Å². The summed E-state index contributed by atoms with van der Waals surface area (Å²) in [6.45, 7) is 0.495. The standard InChI is InChI=1S/C14H21F3N2O4/c1-23-13(22)19-6-4-9(12(20)21)7-10(19)8-18-5-2-3-11(18)14(15,16)17/h9-11H,2-8H2,1H3,(H,20,21)/t9-,10+,11-/m0/s1. The van der Waals surface area contributed by atoms with E-state index in [4.69, 9.17) is 5.11 Å². The van der Waals surface area contributed by atoms with E-state index in [2.05, 4.69) is 4.74 Å². The lowest BCUT2D eigenvalue weighted by atomic mass is 9.90. The molecular weight excluding hydrogens is 317 g/mol. The first kappa shape index (κ1) is 17.8. The van der Waals surface area contributed by atoms with Gasteiger partial charge in [-0.15, -0.1) is 0 Å². The van der Waals surface area contributed by atoms with Gasteiger partial charge in [0.1, 0.15) is 6.04 Å². The van der Waals surface area contributed by atoms with Gasteiger partial charge in [0, 0.05) is 19.1 Å². The van der Waals surface area contributed by atoms with Crippen molar-refractivity contribution in [2.75, 3.05) is 26.7 Å². The number of carboxylic acids is 1. The number of likely N-dealkylation sites (tertiary alicyclic amines) is 2. The van der Waals surface area contributed by atoms with Crippen LogP contribution in [-0.2, 0) is 9.53 Å². The third-order valence-electron chi connectivity index (χ3n) is 4.66. The average Bonchev–Trinajstić information content (AvgIpc) is 2.94. The number of halogens is 3. The van der Waals surface area contributed by atoms with E-state index >= 15 is 0 Å². The van der Waals surface area contributed by atoms with Gasteiger partial charge in [-0.1, -0.05) is 0 Å². The normalized spacial score (nSPS) is 29.6. The molecule has 0 aromatic carbocycles. The zero-order valence-corrected chi connectivity index (χ0v) is 12.9. The topological polar surface area (TPSA) is 70.1 Å². The summed E-state index contributed by atoms with van der Waals surface area (Å²) in [5.74, 6) is -1.62. The Morgan fingerprint density at radius 1 is 1.26 bits per heavy atom. The molecule has 2 fully saturated rings. The predicted octanol–water partition coefficient (Wildman–Crippen LogP) is 1.94. The minimum absolute atomic E-state index is 0.0169. The molecule has 23 heavy (non-hydrogen) atoms. The first-order valence-electron chi connectivity index (χ1n) is 7.62. The van der Waals surface area contributed by atoms with E-state index in [0.717, 1.165) is 0 Å². The van der Waals surface area contributed by atoms with Crippen molar-refractivity contribution in [3.63, 3.8) is 0 Å². The van der Waals surface area contributed by atoms with Crippen LogP contribution in [0.1, 0.15) is 25.7 Å². The molecule has 9 heteroatoms.